The molecule has 214 valence electrons. The summed E-state index contributed by atoms with van der Waals surface area (Å²) in [5.74, 6) is 0.202. The second-order valence-corrected chi connectivity index (χ2v) is 10.1. The quantitative estimate of drug-likeness (QED) is 0.288. The van der Waals surface area contributed by atoms with Crippen LogP contribution in [0.4, 0.5) is 0 Å². The Kier molecular flexibility index (Phi) is 16.8. The molecule has 2 aromatic rings. The van der Waals surface area contributed by atoms with E-state index in [1.54, 1.807) is 6.08 Å². The van der Waals surface area contributed by atoms with E-state index in [1.165, 1.54) is 16.8 Å². The number of allylic oxidation sites excluding steroid dienone is 8. The van der Waals surface area contributed by atoms with Gasteiger partial charge in [0, 0.05) is 33.6 Å². The van der Waals surface area contributed by atoms with Crippen LogP contribution in [0.5, 0.6) is 0 Å². The molecule has 1 atom stereocenters. The molecule has 0 spiro atoms. The van der Waals surface area contributed by atoms with Gasteiger partial charge in [-0.3, -0.25) is 5.10 Å². The molecule has 5 heteroatoms. The monoisotopic (exact) mass is 569 g/mol. The fourth-order valence-electron chi connectivity index (χ4n) is 4.91. The number of rotatable bonds is 10. The fraction of sp³-hybridized carbons (Fsp3) is 0.441. The molecule has 1 unspecified atom stereocenters. The zero-order valence-electron chi connectivity index (χ0n) is 25.1. The van der Waals surface area contributed by atoms with Crippen LogP contribution < -0.4 is 0 Å². The summed E-state index contributed by atoms with van der Waals surface area (Å²) in [6, 6.07) is 10.9. The van der Waals surface area contributed by atoms with Gasteiger partial charge in [0.05, 0.1) is 5.69 Å². The highest BCUT2D eigenvalue weighted by atomic mass is 35.5. The highest BCUT2D eigenvalue weighted by molar-refractivity contribution is 6.31. The van der Waals surface area contributed by atoms with Crippen LogP contribution in [0.3, 0.4) is 0 Å². The van der Waals surface area contributed by atoms with Gasteiger partial charge in [0.25, 0.3) is 0 Å². The second-order valence-electron chi connectivity index (χ2n) is 9.19. The van der Waals surface area contributed by atoms with Crippen LogP contribution in [0, 0.1) is 6.92 Å². The smallest absolute Gasteiger partial charge is 0.0760 e. The molecule has 1 N–H and O–H groups in total. The molecule has 3 nitrogen and oxygen atoms in total. The van der Waals surface area contributed by atoms with Gasteiger partial charge in [-0.25, -0.2) is 0 Å². The Balaban J connectivity index is 0.00000181. The minimum Gasteiger partial charge on any atom is -0.303 e. The molecule has 1 aromatic heterocycles. The minimum atomic E-state index is -0.0863. The van der Waals surface area contributed by atoms with Gasteiger partial charge < -0.3 is 4.90 Å². The van der Waals surface area contributed by atoms with Crippen LogP contribution in [0.2, 0.25) is 0 Å². The van der Waals surface area contributed by atoms with Crippen molar-refractivity contribution in [3.8, 4) is 0 Å². The summed E-state index contributed by atoms with van der Waals surface area (Å²) in [7, 11) is 0. The van der Waals surface area contributed by atoms with Crippen molar-refractivity contribution in [3.63, 3.8) is 0 Å². The maximum Gasteiger partial charge on any atom is 0.0760 e. The average Bonchev–Trinajstić information content (AvgIpc) is 3.39. The zero-order chi connectivity index (χ0) is 29.3. The van der Waals surface area contributed by atoms with Crippen molar-refractivity contribution in [2.45, 2.75) is 79.1 Å². The van der Waals surface area contributed by atoms with E-state index >= 15 is 0 Å². The Morgan fingerprint density at radius 1 is 1.10 bits per heavy atom. The van der Waals surface area contributed by atoms with E-state index < -0.39 is 0 Å². The van der Waals surface area contributed by atoms with Crippen LogP contribution in [-0.4, -0.2) is 34.7 Å². The van der Waals surface area contributed by atoms with Crippen molar-refractivity contribution in [2.24, 2.45) is 0 Å². The summed E-state index contributed by atoms with van der Waals surface area (Å²) in [6.45, 7) is 21.1. The highest BCUT2D eigenvalue weighted by Gasteiger charge is 2.41. The zero-order valence-corrected chi connectivity index (χ0v) is 26.6. The van der Waals surface area contributed by atoms with Gasteiger partial charge in [0.1, 0.15) is 0 Å². The number of aromatic nitrogens is 2. The molecule has 3 rings (SSSR count). The van der Waals surface area contributed by atoms with Crippen molar-refractivity contribution in [1.29, 1.82) is 0 Å². The van der Waals surface area contributed by atoms with Gasteiger partial charge >= 0.3 is 0 Å². The molecular weight excluding hydrogens is 521 g/mol. The molecule has 1 aromatic carbocycles. The number of piperidine rings is 1. The first-order valence-corrected chi connectivity index (χ1v) is 15.1. The lowest BCUT2D eigenvalue weighted by atomic mass is 9.69. The number of nitrogens with one attached hydrogen (secondary N) is 1. The van der Waals surface area contributed by atoms with Gasteiger partial charge in [-0.2, -0.15) is 5.10 Å². The standard InChI is InChI=1S/C30H37Cl2N3.2C2H6/c1-5-26(31)15-11-8-12-20-35-21-18-30(19-22-35,25-13-9-7-10-14-25)29-24(4)28(33-34-29)23(3)16-17-27(32)6-2;2*1-2/h5-11,13-17,23H,1,12,18-22H2,2-4H3,(H,33,34);2*1-2H3/b11-8+,17-16-,26-15+,27-6+;;. The van der Waals surface area contributed by atoms with Gasteiger partial charge in [0.15, 0.2) is 0 Å². The minimum absolute atomic E-state index is 0.0863. The number of H-pyrrole nitrogens is 1. The number of hydrogen-bond donors (Lipinski definition) is 1. The summed E-state index contributed by atoms with van der Waals surface area (Å²) in [6.07, 6.45) is 16.8. The van der Waals surface area contributed by atoms with E-state index in [0.717, 1.165) is 49.6 Å². The molecule has 2 heterocycles. The Morgan fingerprint density at radius 2 is 1.74 bits per heavy atom. The summed E-state index contributed by atoms with van der Waals surface area (Å²) in [4.78, 5) is 2.55. The maximum atomic E-state index is 6.18. The number of likely N-dealkylation sites (tertiary alicyclic amines) is 1. The first-order valence-electron chi connectivity index (χ1n) is 14.4. The lowest BCUT2D eigenvalue weighted by Crippen LogP contribution is -2.44. The molecule has 39 heavy (non-hydrogen) atoms. The predicted molar refractivity (Wildman–Crippen MR) is 174 cm³/mol. The molecule has 0 amide bonds. The summed E-state index contributed by atoms with van der Waals surface area (Å²) >= 11 is 12.2. The maximum absolute atomic E-state index is 6.18. The van der Waals surface area contributed by atoms with E-state index in [0.29, 0.717) is 5.03 Å². The van der Waals surface area contributed by atoms with E-state index in [2.05, 4.69) is 72.9 Å². The Morgan fingerprint density at radius 3 is 2.33 bits per heavy atom. The molecule has 1 aliphatic heterocycles. The fourth-order valence-corrected chi connectivity index (χ4v) is 5.05. The number of hydrogen-bond acceptors (Lipinski definition) is 2. The van der Waals surface area contributed by atoms with Crippen LogP contribution in [0.15, 0.2) is 89.5 Å². The third kappa shape index (κ3) is 9.98. The highest BCUT2D eigenvalue weighted by Crippen LogP contribution is 2.43. The number of halogens is 2. The first-order chi connectivity index (χ1) is 18.9. The van der Waals surface area contributed by atoms with E-state index in [1.807, 2.05) is 58.9 Å². The summed E-state index contributed by atoms with van der Waals surface area (Å²) in [5, 5.41) is 9.71. The molecule has 1 aliphatic rings. The van der Waals surface area contributed by atoms with E-state index in [-0.39, 0.29) is 11.3 Å². The second kappa shape index (κ2) is 18.9. The lowest BCUT2D eigenvalue weighted by molar-refractivity contribution is 0.179. The summed E-state index contributed by atoms with van der Waals surface area (Å²) in [5.41, 5.74) is 4.86. The van der Waals surface area contributed by atoms with Crippen molar-refractivity contribution >= 4 is 23.2 Å². The van der Waals surface area contributed by atoms with Gasteiger partial charge in [-0.15, -0.1) is 0 Å². The molecule has 0 saturated carbocycles. The van der Waals surface area contributed by atoms with Crippen LogP contribution >= 0.6 is 23.2 Å². The molecule has 0 bridgehead atoms. The lowest BCUT2D eigenvalue weighted by Gasteiger charge is -2.42. The van der Waals surface area contributed by atoms with Crippen LogP contribution in [0.25, 0.3) is 0 Å². The van der Waals surface area contributed by atoms with Crippen molar-refractivity contribution in [2.75, 3.05) is 19.6 Å². The Labute approximate surface area is 248 Å². The number of benzene rings is 1. The van der Waals surface area contributed by atoms with Gasteiger partial charge in [-0.05, 0) is 69.5 Å². The Bertz CT molecular complexity index is 1080. The SMILES string of the molecule is C=C/C(Cl)=C\C=C\CCN1CCC(c2ccccc2)(c2n[nH]c(C(C)/C=C\C(Cl)=C/C)c2C)CC1.CC.CC. The van der Waals surface area contributed by atoms with E-state index in [9.17, 15) is 0 Å². The normalized spacial score (nSPS) is 16.8. The molecule has 1 saturated heterocycles. The predicted octanol–water partition coefficient (Wildman–Crippen LogP) is 10.2. The third-order valence-corrected chi connectivity index (χ3v) is 7.63. The van der Waals surface area contributed by atoms with Crippen molar-refractivity contribution < 1.29 is 0 Å². The van der Waals surface area contributed by atoms with Crippen LogP contribution in [0.1, 0.15) is 89.2 Å². The van der Waals surface area contributed by atoms with Crippen LogP contribution in [-0.2, 0) is 5.41 Å². The molecule has 1 fully saturated rings. The van der Waals surface area contributed by atoms with Crippen molar-refractivity contribution in [1.82, 2.24) is 15.1 Å². The largest absolute Gasteiger partial charge is 0.303 e. The molecule has 0 aliphatic carbocycles. The summed E-state index contributed by atoms with van der Waals surface area (Å²) < 4.78 is 0. The third-order valence-electron chi connectivity index (χ3n) is 7.01. The number of aromatic amines is 1. The van der Waals surface area contributed by atoms with Crippen molar-refractivity contribution in [3.05, 3.63) is 112 Å². The Hall–Kier alpha value is -2.33. The first kappa shape index (κ1) is 34.7. The molecule has 0 radical (unpaired) electrons. The van der Waals surface area contributed by atoms with Gasteiger partial charge in [-0.1, -0.05) is 125 Å². The topological polar surface area (TPSA) is 31.9 Å². The van der Waals surface area contributed by atoms with E-state index in [4.69, 9.17) is 28.3 Å². The molecular formula is C34H49Cl2N3. The number of nitrogens with zero attached hydrogens (tertiary/aromatic N) is 2. The average molecular weight is 571 g/mol. The van der Waals surface area contributed by atoms with Gasteiger partial charge in [0.2, 0.25) is 0 Å².